The van der Waals surface area contributed by atoms with Gasteiger partial charge in [-0.05, 0) is 31.3 Å². The van der Waals surface area contributed by atoms with Crippen molar-refractivity contribution in [2.24, 2.45) is 0 Å². The van der Waals surface area contributed by atoms with Crippen molar-refractivity contribution in [1.82, 2.24) is 19.3 Å². The molecule has 0 bridgehead atoms. The molecule has 0 spiro atoms. The summed E-state index contributed by atoms with van der Waals surface area (Å²) in [5.74, 6) is -1.86. The third-order valence-electron chi connectivity index (χ3n) is 3.63. The van der Waals surface area contributed by atoms with E-state index in [1.165, 1.54) is 36.7 Å². The van der Waals surface area contributed by atoms with Crippen molar-refractivity contribution in [3.05, 3.63) is 65.3 Å². The fraction of sp³-hybridized carbons (Fsp3) is 0.125. The molecule has 3 aromatic heterocycles. The quantitative estimate of drug-likeness (QED) is 0.669. The monoisotopic (exact) mass is 398 g/mol. The first-order valence-electron chi connectivity index (χ1n) is 7.39. The van der Waals surface area contributed by atoms with Crippen molar-refractivity contribution in [2.75, 3.05) is 7.05 Å². The molecule has 0 amide bonds. The predicted octanol–water partition coefficient (Wildman–Crippen LogP) is 2.83. The Kier molecular flexibility index (Phi) is 5.03. The van der Waals surface area contributed by atoms with Crippen LogP contribution in [0.2, 0.25) is 5.15 Å². The number of hydrogen-bond donors (Lipinski definition) is 1. The Hall–Kier alpha value is -2.36. The number of hydrogen-bond acceptors (Lipinski definition) is 5. The minimum atomic E-state index is -4.33. The molecule has 26 heavy (non-hydrogen) atoms. The van der Waals surface area contributed by atoms with Gasteiger partial charge in [0.05, 0.1) is 5.56 Å². The highest BCUT2D eigenvalue weighted by Crippen LogP contribution is 2.33. The molecule has 0 fully saturated rings. The van der Waals surface area contributed by atoms with Crippen LogP contribution in [0.1, 0.15) is 5.56 Å². The Morgan fingerprint density at radius 2 is 1.88 bits per heavy atom. The SMILES string of the molecule is CNCc1cn(S(=O)(=O)c2cccnc2Cl)c(-c2cccnc2F)c1F. The van der Waals surface area contributed by atoms with Crippen molar-refractivity contribution >= 4 is 21.6 Å². The molecule has 0 aliphatic carbocycles. The number of halogens is 3. The molecule has 3 rings (SSSR count). The largest absolute Gasteiger partial charge is 0.316 e. The van der Waals surface area contributed by atoms with Crippen molar-refractivity contribution in [3.8, 4) is 11.3 Å². The van der Waals surface area contributed by atoms with E-state index in [0.717, 1.165) is 6.20 Å². The van der Waals surface area contributed by atoms with Crippen molar-refractivity contribution in [1.29, 1.82) is 0 Å². The third kappa shape index (κ3) is 3.09. The second-order valence-corrected chi connectivity index (χ2v) is 7.42. The van der Waals surface area contributed by atoms with Gasteiger partial charge in [0.25, 0.3) is 10.0 Å². The maximum atomic E-state index is 14.9. The lowest BCUT2D eigenvalue weighted by molar-refractivity contribution is 0.574. The smallest absolute Gasteiger partial charge is 0.271 e. The molecule has 0 aliphatic heterocycles. The second kappa shape index (κ2) is 7.10. The standard InChI is InChI=1S/C16H13ClF2N4O2S/c1-20-8-10-9-23(26(24,25)12-5-3-6-21-15(12)17)14(13(10)18)11-4-2-7-22-16(11)19/h2-7,9,20H,8H2,1H3. The van der Waals surface area contributed by atoms with E-state index in [0.29, 0.717) is 3.97 Å². The molecule has 0 saturated carbocycles. The molecule has 0 atom stereocenters. The number of rotatable bonds is 5. The van der Waals surface area contributed by atoms with Gasteiger partial charge in [0.2, 0.25) is 5.95 Å². The molecular formula is C16H13ClF2N4O2S. The molecule has 0 saturated heterocycles. The summed E-state index contributed by atoms with van der Waals surface area (Å²) in [6, 6.07) is 5.26. The minimum Gasteiger partial charge on any atom is -0.316 e. The van der Waals surface area contributed by atoms with Crippen LogP contribution in [-0.2, 0) is 16.6 Å². The van der Waals surface area contributed by atoms with Crippen LogP contribution in [0.4, 0.5) is 8.78 Å². The first kappa shape index (κ1) is 18.4. The summed E-state index contributed by atoms with van der Waals surface area (Å²) in [5.41, 5.74) is -0.689. The van der Waals surface area contributed by atoms with E-state index in [1.54, 1.807) is 7.05 Å². The van der Waals surface area contributed by atoms with Crippen LogP contribution in [0.5, 0.6) is 0 Å². The number of nitrogens with zero attached hydrogens (tertiary/aromatic N) is 3. The first-order valence-corrected chi connectivity index (χ1v) is 9.21. The average molecular weight is 399 g/mol. The lowest BCUT2D eigenvalue weighted by Gasteiger charge is -2.11. The molecule has 0 radical (unpaired) electrons. The van der Waals surface area contributed by atoms with E-state index in [-0.39, 0.29) is 27.7 Å². The van der Waals surface area contributed by atoms with Crippen LogP contribution in [0.3, 0.4) is 0 Å². The Labute approximate surface area is 153 Å². The fourth-order valence-corrected chi connectivity index (χ4v) is 4.31. The van der Waals surface area contributed by atoms with Gasteiger partial charge < -0.3 is 5.32 Å². The van der Waals surface area contributed by atoms with Crippen LogP contribution >= 0.6 is 11.6 Å². The van der Waals surface area contributed by atoms with Crippen LogP contribution in [0.25, 0.3) is 11.3 Å². The summed E-state index contributed by atoms with van der Waals surface area (Å²) in [5, 5.41) is 2.47. The van der Waals surface area contributed by atoms with Gasteiger partial charge in [-0.1, -0.05) is 11.6 Å². The van der Waals surface area contributed by atoms with E-state index < -0.39 is 27.5 Å². The van der Waals surface area contributed by atoms with Crippen LogP contribution in [0, 0.1) is 11.8 Å². The Bertz CT molecular complexity index is 1070. The van der Waals surface area contributed by atoms with Gasteiger partial charge in [-0.3, -0.25) is 0 Å². The summed E-state index contributed by atoms with van der Waals surface area (Å²) in [6.07, 6.45) is 3.60. The number of pyridine rings is 2. The lowest BCUT2D eigenvalue weighted by atomic mass is 10.2. The maximum absolute atomic E-state index is 14.9. The van der Waals surface area contributed by atoms with Gasteiger partial charge in [-0.25, -0.2) is 26.7 Å². The third-order valence-corrected chi connectivity index (χ3v) is 5.73. The Morgan fingerprint density at radius 3 is 2.54 bits per heavy atom. The van der Waals surface area contributed by atoms with Crippen molar-refractivity contribution < 1.29 is 17.2 Å². The number of nitrogens with one attached hydrogen (secondary N) is 1. The van der Waals surface area contributed by atoms with E-state index in [9.17, 15) is 17.2 Å². The average Bonchev–Trinajstić information content (AvgIpc) is 2.93. The number of aromatic nitrogens is 3. The normalized spacial score (nSPS) is 11.7. The topological polar surface area (TPSA) is 76.9 Å². The maximum Gasteiger partial charge on any atom is 0.271 e. The molecule has 1 N–H and O–H groups in total. The van der Waals surface area contributed by atoms with Gasteiger partial charge in [-0.15, -0.1) is 0 Å². The summed E-state index contributed by atoms with van der Waals surface area (Å²) in [7, 11) is -2.75. The zero-order valence-corrected chi connectivity index (χ0v) is 15.0. The summed E-state index contributed by atoms with van der Waals surface area (Å²) >= 11 is 5.90. The highest BCUT2D eigenvalue weighted by Gasteiger charge is 2.29. The fourth-order valence-electron chi connectivity index (χ4n) is 2.48. The molecule has 10 heteroatoms. The Morgan fingerprint density at radius 1 is 1.19 bits per heavy atom. The molecule has 6 nitrogen and oxygen atoms in total. The van der Waals surface area contributed by atoms with Crippen molar-refractivity contribution in [2.45, 2.75) is 11.4 Å². The van der Waals surface area contributed by atoms with E-state index >= 15 is 0 Å². The van der Waals surface area contributed by atoms with E-state index in [4.69, 9.17) is 11.6 Å². The molecule has 0 unspecified atom stereocenters. The molecule has 0 aromatic carbocycles. The highest BCUT2D eigenvalue weighted by atomic mass is 35.5. The summed E-state index contributed by atoms with van der Waals surface area (Å²) in [6.45, 7) is 0.0456. The first-order chi connectivity index (χ1) is 12.4. The van der Waals surface area contributed by atoms with Gasteiger partial charge in [-0.2, -0.15) is 4.39 Å². The zero-order valence-electron chi connectivity index (χ0n) is 13.4. The summed E-state index contributed by atoms with van der Waals surface area (Å²) in [4.78, 5) is 6.89. The van der Waals surface area contributed by atoms with Crippen LogP contribution in [0.15, 0.2) is 47.8 Å². The minimum absolute atomic E-state index is 0.0456. The second-order valence-electron chi connectivity index (χ2n) is 5.28. The highest BCUT2D eigenvalue weighted by molar-refractivity contribution is 7.90. The zero-order chi connectivity index (χ0) is 18.9. The molecule has 3 aromatic rings. The van der Waals surface area contributed by atoms with Gasteiger partial charge in [0.1, 0.15) is 15.7 Å². The van der Waals surface area contributed by atoms with Gasteiger partial charge in [0.15, 0.2) is 5.82 Å². The lowest BCUT2D eigenvalue weighted by Crippen LogP contribution is -2.15. The van der Waals surface area contributed by atoms with Crippen molar-refractivity contribution in [3.63, 3.8) is 0 Å². The van der Waals surface area contributed by atoms with Crippen LogP contribution in [-0.4, -0.2) is 29.4 Å². The molecular weight excluding hydrogens is 386 g/mol. The Balaban J connectivity index is 2.33. The molecule has 136 valence electrons. The predicted molar refractivity (Wildman–Crippen MR) is 92.2 cm³/mol. The van der Waals surface area contributed by atoms with E-state index in [1.807, 2.05) is 0 Å². The molecule has 0 aliphatic rings. The van der Waals surface area contributed by atoms with Gasteiger partial charge in [0, 0.05) is 30.7 Å². The van der Waals surface area contributed by atoms with E-state index in [2.05, 4.69) is 15.3 Å². The van der Waals surface area contributed by atoms with Crippen LogP contribution < -0.4 is 5.32 Å². The summed E-state index contributed by atoms with van der Waals surface area (Å²) < 4.78 is 55.8. The van der Waals surface area contributed by atoms with Gasteiger partial charge >= 0.3 is 0 Å². The molecule has 3 heterocycles.